The summed E-state index contributed by atoms with van der Waals surface area (Å²) in [4.78, 5) is 10.8. The van der Waals surface area contributed by atoms with Crippen LogP contribution >= 0.6 is 0 Å². The van der Waals surface area contributed by atoms with Gasteiger partial charge in [0.25, 0.3) is 0 Å². The second-order valence-electron chi connectivity index (χ2n) is 3.62. The second kappa shape index (κ2) is 5.48. The van der Waals surface area contributed by atoms with E-state index in [0.717, 1.165) is 6.42 Å². The van der Waals surface area contributed by atoms with Crippen LogP contribution in [0.2, 0.25) is 0 Å². The molecule has 0 saturated carbocycles. The van der Waals surface area contributed by atoms with Crippen LogP contribution in [-0.4, -0.2) is 22.7 Å². The molecule has 0 heterocycles. The Kier molecular flexibility index (Phi) is 4.28. The molecule has 0 fully saturated rings. The number of aromatic hydroxyl groups is 1. The van der Waals surface area contributed by atoms with E-state index in [4.69, 9.17) is 16.6 Å². The van der Waals surface area contributed by atoms with Crippen molar-refractivity contribution in [3.05, 3.63) is 29.3 Å². The minimum Gasteiger partial charge on any atom is -0.507 e. The van der Waals surface area contributed by atoms with E-state index >= 15 is 0 Å². The average Bonchev–Trinajstić information content (AvgIpc) is 2.26. The van der Waals surface area contributed by atoms with Gasteiger partial charge >= 0.3 is 5.97 Å². The highest BCUT2D eigenvalue weighted by atomic mass is 16.4. The van der Waals surface area contributed by atoms with Gasteiger partial charge in [-0.25, -0.2) is 4.79 Å². The fourth-order valence-corrected chi connectivity index (χ4v) is 1.46. The maximum Gasteiger partial charge on any atom is 0.339 e. The van der Waals surface area contributed by atoms with Gasteiger partial charge in [-0.1, -0.05) is 6.07 Å². The lowest BCUT2D eigenvalue weighted by Gasteiger charge is -2.12. The number of hydrogen-bond donors (Lipinski definition) is 4. The molecule has 0 aliphatic rings. The molecule has 16 heavy (non-hydrogen) atoms. The molecule has 6 N–H and O–H groups in total. The lowest BCUT2D eigenvalue weighted by molar-refractivity contribution is 0.0693. The fourth-order valence-electron chi connectivity index (χ4n) is 1.46. The van der Waals surface area contributed by atoms with E-state index in [0.29, 0.717) is 18.5 Å². The van der Waals surface area contributed by atoms with Crippen LogP contribution in [0.25, 0.3) is 0 Å². The number of aromatic carboxylic acids is 1. The highest BCUT2D eigenvalue weighted by Gasteiger charge is 2.13. The van der Waals surface area contributed by atoms with Crippen LogP contribution in [-0.2, 0) is 0 Å². The van der Waals surface area contributed by atoms with Crippen LogP contribution in [0.15, 0.2) is 18.2 Å². The lowest BCUT2D eigenvalue weighted by Crippen LogP contribution is -2.13. The molecule has 1 aromatic carbocycles. The standard InChI is InChI=1S/C11H16N2O3/c12-5-1-2-9(13)7-3-4-10(14)8(6-7)11(15)16/h3-4,6,9,14H,1-2,5,12-13H2,(H,15,16)/t9-/m0/s1. The van der Waals surface area contributed by atoms with Crippen molar-refractivity contribution in [2.75, 3.05) is 6.54 Å². The van der Waals surface area contributed by atoms with Gasteiger partial charge in [0.05, 0.1) is 0 Å². The molecule has 5 nitrogen and oxygen atoms in total. The first-order valence-corrected chi connectivity index (χ1v) is 5.08. The first-order chi connectivity index (χ1) is 7.56. The van der Waals surface area contributed by atoms with E-state index in [2.05, 4.69) is 0 Å². The molecule has 0 aliphatic heterocycles. The first kappa shape index (κ1) is 12.5. The molecule has 0 amide bonds. The van der Waals surface area contributed by atoms with Crippen LogP contribution in [0.4, 0.5) is 0 Å². The third-order valence-electron chi connectivity index (χ3n) is 2.40. The van der Waals surface area contributed by atoms with Gasteiger partial charge in [-0.3, -0.25) is 0 Å². The summed E-state index contributed by atoms with van der Waals surface area (Å²) < 4.78 is 0. The Bertz CT molecular complexity index is 379. The molecule has 0 aliphatic carbocycles. The number of hydrogen-bond acceptors (Lipinski definition) is 4. The van der Waals surface area contributed by atoms with Crippen molar-refractivity contribution >= 4 is 5.97 Å². The summed E-state index contributed by atoms with van der Waals surface area (Å²) in [5.74, 6) is -1.41. The van der Waals surface area contributed by atoms with Crippen molar-refractivity contribution in [2.45, 2.75) is 18.9 Å². The van der Waals surface area contributed by atoms with Gasteiger partial charge in [-0.05, 0) is 37.1 Å². The molecule has 88 valence electrons. The van der Waals surface area contributed by atoms with Gasteiger partial charge in [0, 0.05) is 6.04 Å². The summed E-state index contributed by atoms with van der Waals surface area (Å²) in [6, 6.07) is 4.13. The minimum absolute atomic E-state index is 0.124. The minimum atomic E-state index is -1.16. The maximum absolute atomic E-state index is 10.8. The Labute approximate surface area is 93.7 Å². The van der Waals surface area contributed by atoms with E-state index in [9.17, 15) is 9.90 Å². The van der Waals surface area contributed by atoms with Crippen molar-refractivity contribution in [1.29, 1.82) is 0 Å². The van der Waals surface area contributed by atoms with Crippen molar-refractivity contribution in [3.63, 3.8) is 0 Å². The molecule has 0 bridgehead atoms. The summed E-state index contributed by atoms with van der Waals surface area (Å²) in [5, 5.41) is 18.1. The second-order valence-corrected chi connectivity index (χ2v) is 3.62. The number of carboxylic acid groups (broad SMARTS) is 1. The SMILES string of the molecule is NCCC[C@H](N)c1ccc(O)c(C(=O)O)c1. The number of phenols is 1. The molecule has 0 spiro atoms. The fraction of sp³-hybridized carbons (Fsp3) is 0.364. The van der Waals surface area contributed by atoms with Crippen LogP contribution in [0.5, 0.6) is 5.75 Å². The topological polar surface area (TPSA) is 110 Å². The molecule has 1 rings (SSSR count). The van der Waals surface area contributed by atoms with Gasteiger partial charge in [0.1, 0.15) is 11.3 Å². The molecule has 1 aromatic rings. The van der Waals surface area contributed by atoms with Crippen molar-refractivity contribution in [2.24, 2.45) is 11.5 Å². The highest BCUT2D eigenvalue weighted by molar-refractivity contribution is 5.90. The average molecular weight is 224 g/mol. The first-order valence-electron chi connectivity index (χ1n) is 5.08. The number of benzene rings is 1. The lowest BCUT2D eigenvalue weighted by atomic mass is 10.00. The zero-order chi connectivity index (χ0) is 12.1. The van der Waals surface area contributed by atoms with Crippen molar-refractivity contribution < 1.29 is 15.0 Å². The smallest absolute Gasteiger partial charge is 0.339 e. The predicted octanol–water partition coefficient (Wildman–Crippen LogP) is 0.829. The Hall–Kier alpha value is -1.59. The van der Waals surface area contributed by atoms with Crippen molar-refractivity contribution in [3.8, 4) is 5.75 Å². The Balaban J connectivity index is 2.89. The van der Waals surface area contributed by atoms with E-state index < -0.39 is 5.97 Å². The number of carboxylic acids is 1. The van der Waals surface area contributed by atoms with Crippen molar-refractivity contribution in [1.82, 2.24) is 0 Å². The molecule has 0 aromatic heterocycles. The zero-order valence-electron chi connectivity index (χ0n) is 8.89. The molecular weight excluding hydrogens is 208 g/mol. The highest BCUT2D eigenvalue weighted by Crippen LogP contribution is 2.23. The summed E-state index contributed by atoms with van der Waals surface area (Å²) in [5.41, 5.74) is 11.8. The summed E-state index contributed by atoms with van der Waals surface area (Å²) in [6.45, 7) is 0.553. The van der Waals surface area contributed by atoms with E-state index in [1.165, 1.54) is 12.1 Å². The van der Waals surface area contributed by atoms with E-state index in [1.807, 2.05) is 0 Å². The summed E-state index contributed by atoms with van der Waals surface area (Å²) >= 11 is 0. The Morgan fingerprint density at radius 3 is 2.69 bits per heavy atom. The third kappa shape index (κ3) is 2.95. The van der Waals surface area contributed by atoms with Gasteiger partial charge in [-0.2, -0.15) is 0 Å². The summed E-state index contributed by atoms with van der Waals surface area (Å²) in [7, 11) is 0. The predicted molar refractivity (Wildman–Crippen MR) is 60.3 cm³/mol. The molecule has 1 atom stereocenters. The largest absolute Gasteiger partial charge is 0.507 e. The van der Waals surface area contributed by atoms with E-state index in [-0.39, 0.29) is 17.4 Å². The van der Waals surface area contributed by atoms with E-state index in [1.54, 1.807) is 6.07 Å². The van der Waals surface area contributed by atoms with Crippen LogP contribution in [0.1, 0.15) is 34.8 Å². The monoisotopic (exact) mass is 224 g/mol. The quantitative estimate of drug-likeness (QED) is 0.592. The van der Waals surface area contributed by atoms with Gasteiger partial charge in [0.2, 0.25) is 0 Å². The Morgan fingerprint density at radius 1 is 1.44 bits per heavy atom. The van der Waals surface area contributed by atoms with Crippen LogP contribution in [0.3, 0.4) is 0 Å². The molecule has 0 radical (unpaired) electrons. The summed E-state index contributed by atoms with van der Waals surface area (Å²) in [6.07, 6.45) is 1.48. The third-order valence-corrected chi connectivity index (χ3v) is 2.40. The maximum atomic E-state index is 10.8. The van der Waals surface area contributed by atoms with Gasteiger partial charge in [-0.15, -0.1) is 0 Å². The molecule has 0 saturated heterocycles. The molecular formula is C11H16N2O3. The van der Waals surface area contributed by atoms with Gasteiger partial charge < -0.3 is 21.7 Å². The van der Waals surface area contributed by atoms with Crippen LogP contribution < -0.4 is 11.5 Å². The van der Waals surface area contributed by atoms with Gasteiger partial charge in [0.15, 0.2) is 0 Å². The number of rotatable bonds is 5. The number of carbonyl (C=O) groups is 1. The molecule has 5 heteroatoms. The molecule has 0 unspecified atom stereocenters. The zero-order valence-corrected chi connectivity index (χ0v) is 8.89. The van der Waals surface area contributed by atoms with Crippen LogP contribution in [0, 0.1) is 0 Å². The normalized spacial score (nSPS) is 12.4. The number of nitrogens with two attached hydrogens (primary N) is 2. The Morgan fingerprint density at radius 2 is 2.12 bits per heavy atom.